The van der Waals surface area contributed by atoms with E-state index in [9.17, 15) is 18.4 Å². The summed E-state index contributed by atoms with van der Waals surface area (Å²) in [6.07, 6.45) is -0.0570. The maximum atomic E-state index is 14.0. The van der Waals surface area contributed by atoms with E-state index in [1.54, 1.807) is 27.7 Å². The van der Waals surface area contributed by atoms with Gasteiger partial charge in [-0.1, -0.05) is 0 Å². The molecule has 0 atom stereocenters. The molecule has 1 heterocycles. The third-order valence-electron chi connectivity index (χ3n) is 2.74. The van der Waals surface area contributed by atoms with Crippen molar-refractivity contribution in [3.63, 3.8) is 0 Å². The van der Waals surface area contributed by atoms with Crippen molar-refractivity contribution in [2.24, 2.45) is 0 Å². The molecule has 21 heavy (non-hydrogen) atoms. The lowest BCUT2D eigenvalue weighted by Crippen LogP contribution is -2.48. The van der Waals surface area contributed by atoms with E-state index in [-0.39, 0.29) is 25.1 Å². The van der Waals surface area contributed by atoms with Crippen molar-refractivity contribution in [1.82, 2.24) is 4.90 Å². The summed E-state index contributed by atoms with van der Waals surface area (Å²) < 4.78 is 37.7. The van der Waals surface area contributed by atoms with E-state index < -0.39 is 30.1 Å². The normalized spacial score (nSPS) is 20.3. The quantitative estimate of drug-likeness (QED) is 0.581. The fraction of sp³-hybridized carbons (Fsp3) is 0.714. The molecule has 0 bridgehead atoms. The molecule has 1 aliphatic rings. The highest BCUT2D eigenvalue weighted by Gasteiger charge is 2.43. The van der Waals surface area contributed by atoms with Gasteiger partial charge in [0, 0.05) is 18.2 Å². The first-order valence-electron chi connectivity index (χ1n) is 6.78. The van der Waals surface area contributed by atoms with Crippen LogP contribution in [0.5, 0.6) is 0 Å². The topological polar surface area (TPSA) is 55.8 Å². The van der Waals surface area contributed by atoms with E-state index in [4.69, 9.17) is 4.74 Å². The average Bonchev–Trinajstić information content (AvgIpc) is 2.29. The SMILES string of the molecule is CCOC(=O)C=C1CCN(C(=O)OC(C)(C)C)CC1(F)F. The second-order valence-electron chi connectivity index (χ2n) is 5.78. The fourth-order valence-corrected chi connectivity index (χ4v) is 1.84. The molecule has 0 saturated carbocycles. The zero-order chi connectivity index (χ0) is 16.3. The van der Waals surface area contributed by atoms with Gasteiger partial charge in [0.25, 0.3) is 5.92 Å². The number of rotatable bonds is 2. The molecule has 0 N–H and O–H groups in total. The number of piperidine rings is 1. The van der Waals surface area contributed by atoms with Crippen LogP contribution in [-0.4, -0.2) is 48.2 Å². The summed E-state index contributed by atoms with van der Waals surface area (Å²) in [4.78, 5) is 24.0. The Morgan fingerprint density at radius 1 is 1.38 bits per heavy atom. The Balaban J connectivity index is 2.74. The molecule has 0 aromatic rings. The van der Waals surface area contributed by atoms with Gasteiger partial charge in [0.1, 0.15) is 5.60 Å². The Hall–Kier alpha value is -1.66. The van der Waals surface area contributed by atoms with Gasteiger partial charge >= 0.3 is 12.1 Å². The third-order valence-corrected chi connectivity index (χ3v) is 2.74. The number of nitrogens with zero attached hydrogens (tertiary/aromatic N) is 1. The predicted molar refractivity (Wildman–Crippen MR) is 72.1 cm³/mol. The van der Waals surface area contributed by atoms with Gasteiger partial charge in [-0.15, -0.1) is 0 Å². The zero-order valence-electron chi connectivity index (χ0n) is 12.7. The molecular formula is C14H21F2NO4. The molecule has 5 nitrogen and oxygen atoms in total. The lowest BCUT2D eigenvalue weighted by molar-refractivity contribution is -0.137. The fourth-order valence-electron chi connectivity index (χ4n) is 1.84. The number of halogens is 2. The molecule has 1 aliphatic heterocycles. The highest BCUT2D eigenvalue weighted by atomic mass is 19.3. The predicted octanol–water partition coefficient (Wildman–Crippen LogP) is 2.75. The van der Waals surface area contributed by atoms with Crippen molar-refractivity contribution in [2.45, 2.75) is 45.6 Å². The minimum absolute atomic E-state index is 0.0791. The number of carbonyl (C=O) groups is 2. The number of hydrogen-bond acceptors (Lipinski definition) is 4. The molecule has 7 heteroatoms. The number of amides is 1. The van der Waals surface area contributed by atoms with Gasteiger partial charge in [-0.25, -0.2) is 9.59 Å². The van der Waals surface area contributed by atoms with Crippen LogP contribution in [0.4, 0.5) is 13.6 Å². The van der Waals surface area contributed by atoms with Crippen LogP contribution in [0.3, 0.4) is 0 Å². The number of alkyl halides is 2. The summed E-state index contributed by atoms with van der Waals surface area (Å²) in [5.41, 5.74) is -1.06. The molecule has 0 radical (unpaired) electrons. The van der Waals surface area contributed by atoms with Crippen molar-refractivity contribution < 1.29 is 27.8 Å². The summed E-state index contributed by atoms with van der Waals surface area (Å²) in [5.74, 6) is -4.06. The van der Waals surface area contributed by atoms with Crippen LogP contribution < -0.4 is 0 Å². The third kappa shape index (κ3) is 5.32. The molecule has 1 amide bonds. The van der Waals surface area contributed by atoms with Gasteiger partial charge in [0.05, 0.1) is 13.2 Å². The maximum Gasteiger partial charge on any atom is 0.410 e. The highest BCUT2D eigenvalue weighted by Crippen LogP contribution is 2.33. The Morgan fingerprint density at radius 2 is 2.00 bits per heavy atom. The van der Waals surface area contributed by atoms with Gasteiger partial charge in [-0.3, -0.25) is 0 Å². The van der Waals surface area contributed by atoms with Gasteiger partial charge in [0.15, 0.2) is 0 Å². The Morgan fingerprint density at radius 3 is 2.48 bits per heavy atom. The van der Waals surface area contributed by atoms with Crippen LogP contribution in [0, 0.1) is 0 Å². The number of hydrogen-bond donors (Lipinski definition) is 0. The summed E-state index contributed by atoms with van der Waals surface area (Å²) in [6, 6.07) is 0. The molecule has 0 aliphatic carbocycles. The number of carbonyl (C=O) groups excluding carboxylic acids is 2. The monoisotopic (exact) mass is 305 g/mol. The molecule has 0 unspecified atom stereocenters. The first kappa shape index (κ1) is 17.4. The molecule has 1 fully saturated rings. The summed E-state index contributed by atoms with van der Waals surface area (Å²) in [7, 11) is 0. The number of likely N-dealkylation sites (tertiary alicyclic amines) is 1. The van der Waals surface area contributed by atoms with E-state index in [1.807, 2.05) is 0 Å². The van der Waals surface area contributed by atoms with Crippen molar-refractivity contribution in [2.75, 3.05) is 19.7 Å². The van der Waals surface area contributed by atoms with Crippen LogP contribution in [0.2, 0.25) is 0 Å². The lowest BCUT2D eigenvalue weighted by Gasteiger charge is -2.35. The molecule has 0 aromatic carbocycles. The van der Waals surface area contributed by atoms with Crippen LogP contribution in [0.25, 0.3) is 0 Å². The van der Waals surface area contributed by atoms with Gasteiger partial charge in [-0.05, 0) is 34.1 Å². The van der Waals surface area contributed by atoms with Crippen LogP contribution in [0.1, 0.15) is 34.1 Å². The first-order valence-corrected chi connectivity index (χ1v) is 6.78. The minimum atomic E-state index is -3.26. The zero-order valence-corrected chi connectivity index (χ0v) is 12.7. The molecular weight excluding hydrogens is 284 g/mol. The Labute approximate surface area is 122 Å². The van der Waals surface area contributed by atoms with E-state index in [0.29, 0.717) is 0 Å². The number of ether oxygens (including phenoxy) is 2. The maximum absolute atomic E-state index is 14.0. The molecule has 0 aromatic heterocycles. The van der Waals surface area contributed by atoms with Crippen LogP contribution >= 0.6 is 0 Å². The molecule has 0 spiro atoms. The molecule has 120 valence electrons. The van der Waals surface area contributed by atoms with E-state index in [1.165, 1.54) is 0 Å². The second kappa shape index (κ2) is 6.41. The van der Waals surface area contributed by atoms with Gasteiger partial charge in [-0.2, -0.15) is 8.78 Å². The molecule has 1 saturated heterocycles. The van der Waals surface area contributed by atoms with E-state index in [0.717, 1.165) is 11.0 Å². The van der Waals surface area contributed by atoms with Crippen molar-refractivity contribution in [3.8, 4) is 0 Å². The Kier molecular flexibility index (Phi) is 5.31. The lowest BCUT2D eigenvalue weighted by atomic mass is 10.00. The van der Waals surface area contributed by atoms with Crippen LogP contribution in [-0.2, 0) is 14.3 Å². The Bertz CT molecular complexity index is 441. The first-order chi connectivity index (χ1) is 9.55. The van der Waals surface area contributed by atoms with E-state index >= 15 is 0 Å². The summed E-state index contributed by atoms with van der Waals surface area (Å²) in [6.45, 7) is 6.00. The summed E-state index contributed by atoms with van der Waals surface area (Å²) in [5, 5.41) is 0. The van der Waals surface area contributed by atoms with Gasteiger partial charge in [0.2, 0.25) is 0 Å². The average molecular weight is 305 g/mol. The minimum Gasteiger partial charge on any atom is -0.463 e. The standard InChI is InChI=1S/C14H21F2NO4/c1-5-20-11(18)8-10-6-7-17(9-14(10,15)16)12(19)21-13(2,3)4/h8H,5-7,9H2,1-4H3. The smallest absolute Gasteiger partial charge is 0.410 e. The van der Waals surface area contributed by atoms with Crippen molar-refractivity contribution in [3.05, 3.63) is 11.6 Å². The largest absolute Gasteiger partial charge is 0.463 e. The molecule has 1 rings (SSSR count). The second-order valence-corrected chi connectivity index (χ2v) is 5.78. The van der Waals surface area contributed by atoms with Crippen molar-refractivity contribution >= 4 is 12.1 Å². The van der Waals surface area contributed by atoms with Gasteiger partial charge < -0.3 is 14.4 Å². The van der Waals surface area contributed by atoms with Crippen LogP contribution in [0.15, 0.2) is 11.6 Å². The highest BCUT2D eigenvalue weighted by molar-refractivity contribution is 5.83. The summed E-state index contributed by atoms with van der Waals surface area (Å²) >= 11 is 0. The van der Waals surface area contributed by atoms with Crippen molar-refractivity contribution in [1.29, 1.82) is 0 Å². The van der Waals surface area contributed by atoms with E-state index in [2.05, 4.69) is 4.74 Å². The number of esters is 1.